The molecule has 0 saturated heterocycles. The largest absolute Gasteiger partial charge is 0.463 e. The monoisotopic (exact) mass is 768 g/mol. The lowest BCUT2D eigenvalue weighted by Gasteiger charge is -2.16. The number of benzene rings is 1. The number of rotatable bonds is 21. The molecule has 15 heteroatoms. The number of aldehydes is 2. The van der Waals surface area contributed by atoms with Gasteiger partial charge in [0.15, 0.2) is 0 Å². The Kier molecular flexibility index (Phi) is 53.2. The van der Waals surface area contributed by atoms with E-state index in [9.17, 15) is 33.6 Å². The number of unbranched alkanes of at least 4 members (excludes halogenated alkanes) is 3. The molecule has 0 unspecified atom stereocenters. The number of likely N-dealkylation sites (N-methyl/N-ethyl adjacent to an activating group) is 1. The average Bonchev–Trinajstić information content (AvgIpc) is 3.50. The molecule has 1 atom stereocenters. The number of imide groups is 1. The van der Waals surface area contributed by atoms with Crippen LogP contribution in [0.15, 0.2) is 36.4 Å². The third-order valence-corrected chi connectivity index (χ3v) is 6.27. The number of carbonyl (C=O) groups is 7. The third-order valence-electron chi connectivity index (χ3n) is 6.27. The van der Waals surface area contributed by atoms with Gasteiger partial charge >= 0.3 is 0 Å². The second-order valence-corrected chi connectivity index (χ2v) is 11.2. The zero-order valence-corrected chi connectivity index (χ0v) is 34.7. The molecule has 7 N–H and O–H groups in total. The molecule has 0 spiro atoms. The summed E-state index contributed by atoms with van der Waals surface area (Å²) in [5.41, 5.74) is 6.02. The van der Waals surface area contributed by atoms with Gasteiger partial charge in [-0.25, -0.2) is 0 Å². The van der Waals surface area contributed by atoms with Crippen molar-refractivity contribution in [2.75, 3.05) is 60.2 Å². The molecule has 0 fully saturated rings. The third kappa shape index (κ3) is 40.5. The Balaban J connectivity index is -0.000000212. The summed E-state index contributed by atoms with van der Waals surface area (Å²) in [5.74, 6) is -0.0660. The van der Waals surface area contributed by atoms with Crippen LogP contribution in [0.3, 0.4) is 0 Å². The lowest BCUT2D eigenvalue weighted by atomic mass is 10.1. The number of amides is 4. The number of nitrogens with zero attached hydrogens (tertiary/aromatic N) is 1. The minimum absolute atomic E-state index is 0.134. The van der Waals surface area contributed by atoms with Crippen LogP contribution < -0.4 is 32.3 Å². The van der Waals surface area contributed by atoms with E-state index in [0.717, 1.165) is 43.9 Å². The van der Waals surface area contributed by atoms with Crippen LogP contribution in [0.2, 0.25) is 0 Å². The van der Waals surface area contributed by atoms with E-state index in [2.05, 4.69) is 44.0 Å². The van der Waals surface area contributed by atoms with Crippen LogP contribution in [-0.4, -0.2) is 109 Å². The molecule has 1 aromatic rings. The van der Waals surface area contributed by atoms with Crippen molar-refractivity contribution >= 4 is 48.9 Å². The van der Waals surface area contributed by atoms with Gasteiger partial charge in [-0.2, -0.15) is 0 Å². The molecule has 1 aliphatic heterocycles. The fourth-order valence-corrected chi connectivity index (χ4v) is 3.69. The van der Waals surface area contributed by atoms with Crippen molar-refractivity contribution in [3.63, 3.8) is 0 Å². The molecule has 1 aliphatic rings. The van der Waals surface area contributed by atoms with Crippen LogP contribution in [0.4, 0.5) is 5.69 Å². The van der Waals surface area contributed by atoms with Gasteiger partial charge in [-0.1, -0.05) is 53.2 Å². The van der Waals surface area contributed by atoms with E-state index in [0.29, 0.717) is 63.3 Å². The molecule has 54 heavy (non-hydrogen) atoms. The average molecular weight is 768 g/mol. The lowest BCUT2D eigenvalue weighted by molar-refractivity contribution is -0.137. The second kappa shape index (κ2) is 48.7. The molecule has 0 aromatic heterocycles. The summed E-state index contributed by atoms with van der Waals surface area (Å²) in [6.07, 6.45) is 11.3. The maximum Gasteiger partial charge on any atom is 0.293 e. The Morgan fingerprint density at radius 1 is 0.852 bits per heavy atom. The summed E-state index contributed by atoms with van der Waals surface area (Å²) < 4.78 is 4.65. The van der Waals surface area contributed by atoms with E-state index in [4.69, 9.17) is 0 Å². The lowest BCUT2D eigenvalue weighted by Crippen LogP contribution is -2.38. The molecule has 0 aliphatic carbocycles. The number of anilines is 1. The highest BCUT2D eigenvalue weighted by Crippen LogP contribution is 2.11. The Bertz CT molecular complexity index is 1050. The fraction of sp³-hybridized carbons (Fsp3) is 0.615. The molecule has 0 saturated carbocycles. The van der Waals surface area contributed by atoms with Crippen molar-refractivity contribution in [1.29, 1.82) is 0 Å². The van der Waals surface area contributed by atoms with Crippen molar-refractivity contribution in [2.24, 2.45) is 11.7 Å². The maximum absolute atomic E-state index is 12.1. The summed E-state index contributed by atoms with van der Waals surface area (Å²) in [5, 5.41) is 14.1. The van der Waals surface area contributed by atoms with Gasteiger partial charge in [-0.05, 0) is 97.5 Å². The van der Waals surface area contributed by atoms with Crippen LogP contribution in [0.5, 0.6) is 0 Å². The van der Waals surface area contributed by atoms with Crippen molar-refractivity contribution in [2.45, 2.75) is 98.6 Å². The minimum atomic E-state index is -0.327. The summed E-state index contributed by atoms with van der Waals surface area (Å²) in [7, 11) is 8.93. The Labute approximate surface area is 325 Å². The molecule has 0 bridgehead atoms. The highest BCUT2D eigenvalue weighted by Gasteiger charge is 2.22. The van der Waals surface area contributed by atoms with Gasteiger partial charge in [0.2, 0.25) is 12.3 Å². The SMILES string of the molecule is CC.CC(C)CC=O.CCCNC.CN.CNC.CN[C@@H](CCCNC=O)C(=O)Nc1ccc(COC=O)cc1.O=CCCCCCN1C(=O)C=CC1=O. The predicted octanol–water partition coefficient (Wildman–Crippen LogP) is 3.37. The molecule has 15 nitrogen and oxygen atoms in total. The quantitative estimate of drug-likeness (QED) is 0.0603. The van der Waals surface area contributed by atoms with Crippen molar-refractivity contribution < 1.29 is 38.3 Å². The molecular weight excluding hydrogens is 694 g/mol. The normalized spacial score (nSPS) is 10.9. The van der Waals surface area contributed by atoms with E-state index in [1.54, 1.807) is 31.3 Å². The number of hydrogen-bond donors (Lipinski definition) is 6. The van der Waals surface area contributed by atoms with Crippen molar-refractivity contribution in [1.82, 2.24) is 26.2 Å². The number of carbonyl (C=O) groups excluding carboxylic acids is 7. The summed E-state index contributed by atoms with van der Waals surface area (Å²) in [6.45, 7) is 12.9. The zero-order valence-electron chi connectivity index (χ0n) is 34.7. The second-order valence-electron chi connectivity index (χ2n) is 11.2. The van der Waals surface area contributed by atoms with Gasteiger partial charge in [0.25, 0.3) is 18.3 Å². The first-order valence-corrected chi connectivity index (χ1v) is 18.6. The number of nitrogens with two attached hydrogens (primary N) is 1. The molecule has 2 rings (SSSR count). The van der Waals surface area contributed by atoms with Gasteiger partial charge < -0.3 is 46.6 Å². The summed E-state index contributed by atoms with van der Waals surface area (Å²) in [6, 6.07) is 6.74. The molecule has 312 valence electrons. The van der Waals surface area contributed by atoms with E-state index in [1.807, 2.05) is 48.8 Å². The summed E-state index contributed by atoms with van der Waals surface area (Å²) in [4.78, 5) is 75.4. The van der Waals surface area contributed by atoms with Gasteiger partial charge in [-0.15, -0.1) is 0 Å². The van der Waals surface area contributed by atoms with Gasteiger partial charge in [0, 0.05) is 43.8 Å². The first kappa shape index (κ1) is 59.0. The number of nitrogens with one attached hydrogen (secondary N) is 5. The molecular formula is C39H73N7O8. The van der Waals surface area contributed by atoms with Crippen LogP contribution in [-0.2, 0) is 44.9 Å². The Hall–Kier alpha value is -4.31. The first-order chi connectivity index (χ1) is 26.1. The topological polar surface area (TPSA) is 218 Å². The minimum Gasteiger partial charge on any atom is -0.463 e. The first-order valence-electron chi connectivity index (χ1n) is 18.6. The number of ether oxygens (including phenoxy) is 1. The molecule has 1 heterocycles. The highest BCUT2D eigenvalue weighted by molar-refractivity contribution is 6.12. The maximum atomic E-state index is 12.1. The van der Waals surface area contributed by atoms with Gasteiger partial charge in [-0.3, -0.25) is 28.9 Å². The van der Waals surface area contributed by atoms with E-state index < -0.39 is 0 Å². The van der Waals surface area contributed by atoms with Gasteiger partial charge in [0.1, 0.15) is 19.2 Å². The Morgan fingerprint density at radius 2 is 1.43 bits per heavy atom. The van der Waals surface area contributed by atoms with Crippen LogP contribution in [0.25, 0.3) is 0 Å². The highest BCUT2D eigenvalue weighted by atomic mass is 16.5. The Morgan fingerprint density at radius 3 is 1.81 bits per heavy atom. The van der Waals surface area contributed by atoms with Gasteiger partial charge in [0.05, 0.1) is 6.04 Å². The van der Waals surface area contributed by atoms with E-state index in [-0.39, 0.29) is 30.4 Å². The van der Waals surface area contributed by atoms with Crippen LogP contribution in [0.1, 0.15) is 91.5 Å². The molecule has 1 aromatic carbocycles. The number of hydrogen-bond acceptors (Lipinski definition) is 12. The van der Waals surface area contributed by atoms with Crippen molar-refractivity contribution in [3.8, 4) is 0 Å². The van der Waals surface area contributed by atoms with Crippen LogP contribution in [0, 0.1) is 5.92 Å². The molecule has 0 radical (unpaired) electrons. The fourth-order valence-electron chi connectivity index (χ4n) is 3.69. The zero-order chi connectivity index (χ0) is 42.4. The predicted molar refractivity (Wildman–Crippen MR) is 219 cm³/mol. The summed E-state index contributed by atoms with van der Waals surface area (Å²) >= 11 is 0. The standard InChI is InChI=1S/C15H21N3O4.C10H13NO3.C5H10O.C4H11N.C2H7N.C2H6.CH5N/c1-16-14(3-2-8-17-10-19)15(21)18-13-6-4-12(5-7-13)9-22-11-20;12-8-4-2-1-3-7-11-9(13)5-6-10(11)14;1-5(2)3-4-6;1-3-4-5-2;1-3-2;2*1-2/h4-7,10-11,14,16H,2-3,8-9H2,1H3,(H,17,19)(H,18,21);5-6,8H,1-4,7H2;4-5H,3H2,1-2H3;5H,3-4H2,1-2H3;3H,1-2H3;1-2H3;2H2,1H3/t14-;;;;;;/m0....../s1. The van der Waals surface area contributed by atoms with E-state index in [1.165, 1.54) is 30.5 Å². The molecule has 4 amide bonds. The van der Waals surface area contributed by atoms with E-state index >= 15 is 0 Å². The van der Waals surface area contributed by atoms with Crippen molar-refractivity contribution in [3.05, 3.63) is 42.0 Å². The van der Waals surface area contributed by atoms with Crippen LogP contribution >= 0.6 is 0 Å². The smallest absolute Gasteiger partial charge is 0.293 e.